The first-order valence-electron chi connectivity index (χ1n) is 6.13. The molecule has 6 heteroatoms. The number of hydrogen-bond acceptors (Lipinski definition) is 4. The van der Waals surface area contributed by atoms with E-state index in [1.165, 1.54) is 0 Å². The Bertz CT molecular complexity index is 418. The van der Waals surface area contributed by atoms with Crippen LogP contribution >= 0.6 is 0 Å². The van der Waals surface area contributed by atoms with Crippen LogP contribution in [0.3, 0.4) is 0 Å². The zero-order chi connectivity index (χ0) is 14.1. The van der Waals surface area contributed by atoms with E-state index in [0.717, 1.165) is 12.8 Å². The van der Waals surface area contributed by atoms with E-state index in [-0.39, 0.29) is 12.5 Å². The van der Waals surface area contributed by atoms with Crippen LogP contribution in [0.5, 0.6) is 5.75 Å². The maximum atomic E-state index is 11.5. The Morgan fingerprint density at radius 3 is 2.42 bits per heavy atom. The van der Waals surface area contributed by atoms with Crippen molar-refractivity contribution in [3.05, 3.63) is 24.3 Å². The van der Waals surface area contributed by atoms with Gasteiger partial charge in [0.2, 0.25) is 5.91 Å². The van der Waals surface area contributed by atoms with Crippen LogP contribution in [0.4, 0.5) is 5.69 Å². The third kappa shape index (κ3) is 6.42. The lowest BCUT2D eigenvalue weighted by molar-refractivity contribution is -0.120. The van der Waals surface area contributed by atoms with E-state index in [1.807, 2.05) is 0 Å². The standard InChI is InChI=1S/C13H19N3O3/c14-8-2-1-3-13(18)16-10-4-6-11(7-5-10)19-9-12(15)17/h4-7H,1-3,8-9,14H2,(H2,15,17)(H,16,18). The zero-order valence-corrected chi connectivity index (χ0v) is 10.7. The second-order valence-corrected chi connectivity index (χ2v) is 4.07. The summed E-state index contributed by atoms with van der Waals surface area (Å²) in [6, 6.07) is 6.74. The molecule has 5 N–H and O–H groups in total. The van der Waals surface area contributed by atoms with Crippen molar-refractivity contribution in [2.75, 3.05) is 18.5 Å². The van der Waals surface area contributed by atoms with Crippen LogP contribution in [0.25, 0.3) is 0 Å². The SMILES string of the molecule is NCCCCC(=O)Nc1ccc(OCC(N)=O)cc1. The van der Waals surface area contributed by atoms with Gasteiger partial charge in [-0.3, -0.25) is 9.59 Å². The van der Waals surface area contributed by atoms with Gasteiger partial charge in [-0.25, -0.2) is 0 Å². The van der Waals surface area contributed by atoms with Crippen molar-refractivity contribution in [3.8, 4) is 5.75 Å². The molecule has 0 unspecified atom stereocenters. The summed E-state index contributed by atoms with van der Waals surface area (Å²) in [6.45, 7) is 0.434. The number of benzene rings is 1. The van der Waals surface area contributed by atoms with Gasteiger partial charge in [-0.15, -0.1) is 0 Å². The molecule has 0 aromatic heterocycles. The summed E-state index contributed by atoms with van der Waals surface area (Å²) in [5.74, 6) is -0.0449. The molecule has 0 aliphatic rings. The highest BCUT2D eigenvalue weighted by atomic mass is 16.5. The highest BCUT2D eigenvalue weighted by molar-refractivity contribution is 5.90. The van der Waals surface area contributed by atoms with Crippen molar-refractivity contribution in [1.82, 2.24) is 0 Å². The number of amides is 2. The molecule has 0 heterocycles. The van der Waals surface area contributed by atoms with Crippen molar-refractivity contribution in [2.45, 2.75) is 19.3 Å². The Hall–Kier alpha value is -2.08. The molecule has 0 aliphatic carbocycles. The lowest BCUT2D eigenvalue weighted by atomic mass is 10.2. The minimum absolute atomic E-state index is 0.0424. The quantitative estimate of drug-likeness (QED) is 0.599. The Balaban J connectivity index is 2.39. The largest absolute Gasteiger partial charge is 0.484 e. The van der Waals surface area contributed by atoms with Gasteiger partial charge in [-0.1, -0.05) is 0 Å². The number of anilines is 1. The van der Waals surface area contributed by atoms with Gasteiger partial charge in [-0.2, -0.15) is 0 Å². The molecule has 19 heavy (non-hydrogen) atoms. The average molecular weight is 265 g/mol. The molecular weight excluding hydrogens is 246 g/mol. The van der Waals surface area contributed by atoms with Crippen molar-refractivity contribution in [3.63, 3.8) is 0 Å². The van der Waals surface area contributed by atoms with Crippen molar-refractivity contribution < 1.29 is 14.3 Å². The summed E-state index contributed by atoms with van der Waals surface area (Å²) in [6.07, 6.45) is 2.08. The minimum Gasteiger partial charge on any atom is -0.484 e. The summed E-state index contributed by atoms with van der Waals surface area (Å²) in [5.41, 5.74) is 11.0. The van der Waals surface area contributed by atoms with Gasteiger partial charge in [0.1, 0.15) is 5.75 Å². The van der Waals surface area contributed by atoms with Gasteiger partial charge < -0.3 is 21.5 Å². The number of ether oxygens (including phenoxy) is 1. The van der Waals surface area contributed by atoms with Crippen LogP contribution in [0.15, 0.2) is 24.3 Å². The van der Waals surface area contributed by atoms with Crippen LogP contribution < -0.4 is 21.5 Å². The number of primary amides is 1. The maximum absolute atomic E-state index is 11.5. The molecule has 0 atom stereocenters. The summed E-state index contributed by atoms with van der Waals surface area (Å²) >= 11 is 0. The van der Waals surface area contributed by atoms with Crippen molar-refractivity contribution >= 4 is 17.5 Å². The Labute approximate surface area is 112 Å². The highest BCUT2D eigenvalue weighted by Gasteiger charge is 2.02. The van der Waals surface area contributed by atoms with E-state index >= 15 is 0 Å². The summed E-state index contributed by atoms with van der Waals surface area (Å²) < 4.78 is 5.11. The Kier molecular flexibility index (Phi) is 6.38. The lowest BCUT2D eigenvalue weighted by Gasteiger charge is -2.07. The molecule has 0 saturated carbocycles. The van der Waals surface area contributed by atoms with Crippen LogP contribution in [0.1, 0.15) is 19.3 Å². The monoisotopic (exact) mass is 265 g/mol. The van der Waals surface area contributed by atoms with Gasteiger partial charge >= 0.3 is 0 Å². The molecule has 6 nitrogen and oxygen atoms in total. The van der Waals surface area contributed by atoms with Gasteiger partial charge in [0.25, 0.3) is 5.91 Å². The molecule has 1 aromatic rings. The van der Waals surface area contributed by atoms with Crippen LogP contribution in [0.2, 0.25) is 0 Å². The number of rotatable bonds is 8. The van der Waals surface area contributed by atoms with Gasteiger partial charge in [0, 0.05) is 12.1 Å². The van der Waals surface area contributed by atoms with Crippen LogP contribution in [0, 0.1) is 0 Å². The third-order valence-corrected chi connectivity index (χ3v) is 2.38. The first-order valence-corrected chi connectivity index (χ1v) is 6.13. The molecule has 104 valence electrons. The first kappa shape index (κ1) is 15.0. The topological polar surface area (TPSA) is 107 Å². The normalized spacial score (nSPS) is 9.95. The van der Waals surface area contributed by atoms with E-state index in [4.69, 9.17) is 16.2 Å². The van der Waals surface area contributed by atoms with E-state index in [1.54, 1.807) is 24.3 Å². The molecule has 2 amide bonds. The molecule has 0 aliphatic heterocycles. The Morgan fingerprint density at radius 2 is 1.84 bits per heavy atom. The molecular formula is C13H19N3O3. The fourth-order valence-corrected chi connectivity index (χ4v) is 1.44. The Morgan fingerprint density at radius 1 is 1.16 bits per heavy atom. The fourth-order valence-electron chi connectivity index (χ4n) is 1.44. The summed E-state index contributed by atoms with van der Waals surface area (Å²) in [5, 5.41) is 2.77. The molecule has 0 spiro atoms. The smallest absolute Gasteiger partial charge is 0.255 e. The number of carbonyl (C=O) groups excluding carboxylic acids is 2. The van der Waals surface area contributed by atoms with Crippen LogP contribution in [-0.2, 0) is 9.59 Å². The molecule has 0 fully saturated rings. The van der Waals surface area contributed by atoms with Crippen molar-refractivity contribution in [1.29, 1.82) is 0 Å². The van der Waals surface area contributed by atoms with Gasteiger partial charge in [-0.05, 0) is 43.7 Å². The first-order chi connectivity index (χ1) is 9.11. The zero-order valence-electron chi connectivity index (χ0n) is 10.7. The third-order valence-electron chi connectivity index (χ3n) is 2.38. The number of carbonyl (C=O) groups is 2. The molecule has 0 bridgehead atoms. The maximum Gasteiger partial charge on any atom is 0.255 e. The van der Waals surface area contributed by atoms with Gasteiger partial charge in [0.15, 0.2) is 6.61 Å². The summed E-state index contributed by atoms with van der Waals surface area (Å²) in [7, 11) is 0. The fraction of sp³-hybridized carbons (Fsp3) is 0.385. The molecule has 1 aromatic carbocycles. The number of unbranched alkanes of at least 4 members (excludes halogenated alkanes) is 1. The van der Waals surface area contributed by atoms with Crippen LogP contribution in [-0.4, -0.2) is 25.0 Å². The summed E-state index contributed by atoms with van der Waals surface area (Å²) in [4.78, 5) is 22.1. The molecule has 1 rings (SSSR count). The number of hydrogen-bond donors (Lipinski definition) is 3. The highest BCUT2D eigenvalue weighted by Crippen LogP contribution is 2.15. The van der Waals surface area contributed by atoms with Crippen molar-refractivity contribution in [2.24, 2.45) is 11.5 Å². The second-order valence-electron chi connectivity index (χ2n) is 4.07. The number of nitrogens with one attached hydrogen (secondary N) is 1. The van der Waals surface area contributed by atoms with E-state index in [9.17, 15) is 9.59 Å². The van der Waals surface area contributed by atoms with E-state index in [2.05, 4.69) is 5.32 Å². The molecule has 0 radical (unpaired) electrons. The predicted molar refractivity (Wildman–Crippen MR) is 72.7 cm³/mol. The molecule has 0 saturated heterocycles. The predicted octanol–water partition coefficient (Wildman–Crippen LogP) is 0.618. The van der Waals surface area contributed by atoms with Gasteiger partial charge in [0.05, 0.1) is 0 Å². The lowest BCUT2D eigenvalue weighted by Crippen LogP contribution is -2.20. The van der Waals surface area contributed by atoms with E-state index < -0.39 is 5.91 Å². The second kappa shape index (κ2) is 8.10. The average Bonchev–Trinajstić information content (AvgIpc) is 2.38. The minimum atomic E-state index is -0.530. The van der Waals surface area contributed by atoms with E-state index in [0.29, 0.717) is 24.4 Å². The number of nitrogens with two attached hydrogens (primary N) is 2.